The number of aryl methyl sites for hydroxylation is 1. The summed E-state index contributed by atoms with van der Waals surface area (Å²) in [7, 11) is 0. The Morgan fingerprint density at radius 3 is 2.71 bits per heavy atom. The molecule has 0 fully saturated rings. The van der Waals surface area contributed by atoms with Gasteiger partial charge >= 0.3 is 0 Å². The molecule has 2 aromatic carbocycles. The van der Waals surface area contributed by atoms with Crippen molar-refractivity contribution in [1.82, 2.24) is 20.2 Å². The van der Waals surface area contributed by atoms with Crippen molar-refractivity contribution in [3.63, 3.8) is 0 Å². The third-order valence-corrected chi connectivity index (χ3v) is 6.56. The zero-order valence-electron chi connectivity index (χ0n) is 19.1. The summed E-state index contributed by atoms with van der Waals surface area (Å²) in [5.41, 5.74) is 4.38. The first-order valence-electron chi connectivity index (χ1n) is 11.3. The summed E-state index contributed by atoms with van der Waals surface area (Å²) in [6.07, 6.45) is 8.26. The molecule has 0 spiro atoms. The molecule has 35 heavy (non-hydrogen) atoms. The molecule has 0 unspecified atom stereocenters. The summed E-state index contributed by atoms with van der Waals surface area (Å²) in [4.78, 5) is 23.5. The maximum Gasteiger partial charge on any atom is 0.257 e. The van der Waals surface area contributed by atoms with Gasteiger partial charge in [-0.15, -0.1) is 0 Å². The Morgan fingerprint density at radius 1 is 0.971 bits per heavy atom. The van der Waals surface area contributed by atoms with Crippen LogP contribution in [-0.4, -0.2) is 26.1 Å². The van der Waals surface area contributed by atoms with Crippen LogP contribution in [-0.2, 0) is 6.42 Å². The molecule has 172 valence electrons. The molecule has 3 heterocycles. The van der Waals surface area contributed by atoms with Gasteiger partial charge in [0.15, 0.2) is 0 Å². The van der Waals surface area contributed by atoms with Crippen LogP contribution in [0.4, 0.5) is 5.82 Å². The normalized spacial score (nSPS) is 11.2. The van der Waals surface area contributed by atoms with E-state index in [9.17, 15) is 4.79 Å². The van der Waals surface area contributed by atoms with E-state index in [0.717, 1.165) is 44.1 Å². The Balaban J connectivity index is 1.35. The number of H-pyrrole nitrogens is 1. The van der Waals surface area contributed by atoms with Crippen molar-refractivity contribution < 1.29 is 4.79 Å². The highest BCUT2D eigenvalue weighted by atomic mass is 32.2. The Labute approximate surface area is 207 Å². The number of rotatable bonds is 7. The average molecular weight is 478 g/mol. The summed E-state index contributed by atoms with van der Waals surface area (Å²) in [6.45, 7) is 2.07. The van der Waals surface area contributed by atoms with Crippen molar-refractivity contribution in [2.75, 3.05) is 5.32 Å². The number of fused-ring (bicyclic) bond motifs is 1. The van der Waals surface area contributed by atoms with Gasteiger partial charge in [-0.25, -0.2) is 4.98 Å². The van der Waals surface area contributed by atoms with Crippen LogP contribution in [0.2, 0.25) is 0 Å². The number of anilines is 1. The van der Waals surface area contributed by atoms with Crippen LogP contribution in [0, 0.1) is 0 Å². The summed E-state index contributed by atoms with van der Waals surface area (Å²) in [5.74, 6) is 0.373. The molecular weight excluding hydrogens is 454 g/mol. The number of benzene rings is 2. The van der Waals surface area contributed by atoms with Crippen molar-refractivity contribution in [3.8, 4) is 0 Å². The van der Waals surface area contributed by atoms with Gasteiger partial charge in [-0.1, -0.05) is 36.9 Å². The largest absolute Gasteiger partial charge is 0.307 e. The van der Waals surface area contributed by atoms with Crippen molar-refractivity contribution in [2.45, 2.75) is 23.1 Å². The standard InChI is InChI=1S/C28H23N5OS/c1-2-19-14-16-30-27(17-19)31-28(34)23-8-3-4-9-26(23)35-21-11-12-22-24(32-33-25(22)18-21)13-10-20-7-5-6-15-29-20/h3-18H,2H2,1H3,(H,32,33)(H,30,31,34)/b13-10+. The molecule has 0 radical (unpaired) electrons. The van der Waals surface area contributed by atoms with Crippen LogP contribution in [0.1, 0.15) is 34.2 Å². The minimum absolute atomic E-state index is 0.182. The number of hydrogen-bond acceptors (Lipinski definition) is 5. The van der Waals surface area contributed by atoms with Gasteiger partial charge in [0.05, 0.1) is 22.5 Å². The average Bonchev–Trinajstić information content (AvgIpc) is 3.30. The van der Waals surface area contributed by atoms with Gasteiger partial charge in [-0.3, -0.25) is 14.9 Å². The fourth-order valence-corrected chi connectivity index (χ4v) is 4.65. The maximum atomic E-state index is 13.0. The molecule has 2 N–H and O–H groups in total. The van der Waals surface area contributed by atoms with Crippen molar-refractivity contribution in [1.29, 1.82) is 0 Å². The van der Waals surface area contributed by atoms with Crippen LogP contribution in [0.3, 0.4) is 0 Å². The lowest BCUT2D eigenvalue weighted by Crippen LogP contribution is -2.14. The van der Waals surface area contributed by atoms with E-state index >= 15 is 0 Å². The number of pyridine rings is 2. The van der Waals surface area contributed by atoms with Gasteiger partial charge < -0.3 is 5.32 Å². The summed E-state index contributed by atoms with van der Waals surface area (Å²) in [5, 5.41) is 11.5. The zero-order chi connectivity index (χ0) is 24.0. The molecule has 0 aliphatic rings. The van der Waals surface area contributed by atoms with E-state index in [2.05, 4.69) is 32.4 Å². The third-order valence-electron chi connectivity index (χ3n) is 5.50. The van der Waals surface area contributed by atoms with E-state index in [1.54, 1.807) is 12.4 Å². The Morgan fingerprint density at radius 2 is 1.86 bits per heavy atom. The molecule has 0 aliphatic carbocycles. The van der Waals surface area contributed by atoms with E-state index in [-0.39, 0.29) is 5.91 Å². The minimum Gasteiger partial charge on any atom is -0.307 e. The first-order valence-corrected chi connectivity index (χ1v) is 12.1. The number of carbonyl (C=O) groups is 1. The van der Waals surface area contributed by atoms with Crippen molar-refractivity contribution in [2.24, 2.45) is 0 Å². The number of carbonyl (C=O) groups excluding carboxylic acids is 1. The van der Waals surface area contributed by atoms with Crippen LogP contribution in [0.5, 0.6) is 0 Å². The second-order valence-electron chi connectivity index (χ2n) is 7.86. The third kappa shape index (κ3) is 5.31. The highest BCUT2D eigenvalue weighted by molar-refractivity contribution is 7.99. The van der Waals surface area contributed by atoms with E-state index in [4.69, 9.17) is 0 Å². The number of aromatic amines is 1. The van der Waals surface area contributed by atoms with Gasteiger partial charge in [0.25, 0.3) is 5.91 Å². The van der Waals surface area contributed by atoms with Crippen LogP contribution in [0.15, 0.2) is 95.0 Å². The van der Waals surface area contributed by atoms with Gasteiger partial charge in [0, 0.05) is 27.6 Å². The molecule has 6 nitrogen and oxygen atoms in total. The second kappa shape index (κ2) is 10.4. The van der Waals surface area contributed by atoms with Crippen LogP contribution in [0.25, 0.3) is 23.1 Å². The molecule has 0 aliphatic heterocycles. The molecule has 0 saturated carbocycles. The van der Waals surface area contributed by atoms with Gasteiger partial charge in [0.1, 0.15) is 5.82 Å². The smallest absolute Gasteiger partial charge is 0.257 e. The van der Waals surface area contributed by atoms with E-state index in [0.29, 0.717) is 11.4 Å². The number of hydrogen-bond donors (Lipinski definition) is 2. The fourth-order valence-electron chi connectivity index (χ4n) is 3.67. The van der Waals surface area contributed by atoms with Crippen molar-refractivity contribution >= 4 is 46.5 Å². The summed E-state index contributed by atoms with van der Waals surface area (Å²) >= 11 is 1.54. The summed E-state index contributed by atoms with van der Waals surface area (Å²) < 4.78 is 0. The molecule has 7 heteroatoms. The monoisotopic (exact) mass is 477 g/mol. The predicted octanol–water partition coefficient (Wildman–Crippen LogP) is 6.49. The lowest BCUT2D eigenvalue weighted by atomic mass is 10.2. The lowest BCUT2D eigenvalue weighted by molar-refractivity contribution is 0.102. The number of nitrogens with zero attached hydrogens (tertiary/aromatic N) is 3. The first-order chi connectivity index (χ1) is 17.2. The fraction of sp³-hybridized carbons (Fsp3) is 0.0714. The lowest BCUT2D eigenvalue weighted by Gasteiger charge is -2.10. The first kappa shape index (κ1) is 22.6. The Kier molecular flexibility index (Phi) is 6.68. The topological polar surface area (TPSA) is 83.6 Å². The van der Waals surface area contributed by atoms with Crippen molar-refractivity contribution in [3.05, 3.63) is 108 Å². The molecule has 3 aromatic heterocycles. The molecule has 0 bridgehead atoms. The van der Waals surface area contributed by atoms with Gasteiger partial charge in [-0.2, -0.15) is 5.10 Å². The SMILES string of the molecule is CCc1ccnc(NC(=O)c2ccccc2Sc2ccc3c(/C=C/c4ccccn4)n[nH]c3c2)c1. The summed E-state index contributed by atoms with van der Waals surface area (Å²) in [6, 6.07) is 23.4. The molecule has 1 amide bonds. The minimum atomic E-state index is -0.182. The molecule has 0 atom stereocenters. The van der Waals surface area contributed by atoms with E-state index < -0.39 is 0 Å². The highest BCUT2D eigenvalue weighted by Gasteiger charge is 2.14. The molecular formula is C28H23N5OS. The number of nitrogens with one attached hydrogen (secondary N) is 2. The number of aromatic nitrogens is 4. The zero-order valence-corrected chi connectivity index (χ0v) is 19.9. The number of amides is 1. The van der Waals surface area contributed by atoms with Gasteiger partial charge in [-0.05, 0) is 78.7 Å². The van der Waals surface area contributed by atoms with Gasteiger partial charge in [0.2, 0.25) is 0 Å². The Bertz CT molecular complexity index is 1510. The highest BCUT2D eigenvalue weighted by Crippen LogP contribution is 2.33. The molecule has 0 saturated heterocycles. The predicted molar refractivity (Wildman–Crippen MR) is 141 cm³/mol. The quantitative estimate of drug-likeness (QED) is 0.280. The molecule has 5 aromatic rings. The van der Waals surface area contributed by atoms with Crippen LogP contribution >= 0.6 is 11.8 Å². The second-order valence-corrected chi connectivity index (χ2v) is 8.97. The van der Waals surface area contributed by atoms with E-state index in [1.165, 1.54) is 11.8 Å². The van der Waals surface area contributed by atoms with Crippen LogP contribution < -0.4 is 5.32 Å². The Hall–Kier alpha value is -4.23. The maximum absolute atomic E-state index is 13.0. The van der Waals surface area contributed by atoms with E-state index in [1.807, 2.05) is 84.9 Å². The molecule has 5 rings (SSSR count).